The predicted molar refractivity (Wildman–Crippen MR) is 172 cm³/mol. The summed E-state index contributed by atoms with van der Waals surface area (Å²) in [4.78, 5) is 28.4. The maximum Gasteiger partial charge on any atom is 0.318 e. The molecule has 4 aliphatic rings. The maximum absolute atomic E-state index is 13.9. The molecule has 2 aliphatic carbocycles. The molecular weight excluding hydrogens is 591 g/mol. The van der Waals surface area contributed by atoms with Crippen molar-refractivity contribution >= 4 is 29.0 Å². The van der Waals surface area contributed by atoms with Crippen molar-refractivity contribution in [3.63, 3.8) is 0 Å². The number of ether oxygens (including phenoxy) is 1. The van der Waals surface area contributed by atoms with Gasteiger partial charge in [-0.25, -0.2) is 4.39 Å². The van der Waals surface area contributed by atoms with Crippen LogP contribution in [-0.2, 0) is 35.9 Å². The Kier molecular flexibility index (Phi) is 7.65. The summed E-state index contributed by atoms with van der Waals surface area (Å²) in [5.74, 6) is -0.986. The number of halogens is 2. The molecule has 0 unspecified atom stereocenters. The van der Waals surface area contributed by atoms with E-state index in [0.717, 1.165) is 60.6 Å². The van der Waals surface area contributed by atoms with E-state index in [-0.39, 0.29) is 24.4 Å². The third-order valence-corrected chi connectivity index (χ3v) is 10.7. The first kappa shape index (κ1) is 29.5. The number of piperazine rings is 1. The number of hydrogen-bond acceptors (Lipinski definition) is 7. The van der Waals surface area contributed by atoms with Crippen molar-refractivity contribution in [3.8, 4) is 12.1 Å². The van der Waals surface area contributed by atoms with Crippen molar-refractivity contribution in [2.24, 2.45) is 0 Å². The van der Waals surface area contributed by atoms with Crippen molar-refractivity contribution in [2.75, 3.05) is 43.1 Å². The van der Waals surface area contributed by atoms with Gasteiger partial charge in [0.25, 0.3) is 5.91 Å². The molecule has 7 rings (SSSR count). The standard InChI is InChI=1S/C35H36ClFN6O2/c1-22(37)33(44)43-17-16-42(20-24(43)12-15-38)32-27-11-14-35(13-10-26-28(35)7-5-8-29(26)36)19-30(27)39-34(40-32)45-21-25-18-23-6-3-4-9-31(23)41(25)2/h3-9,24-25H,1,10-14,16-21H2,2H3/t24-,25-,35-/m0/s1. The number of aromatic nitrogens is 2. The van der Waals surface area contributed by atoms with Gasteiger partial charge in [0.15, 0.2) is 5.83 Å². The number of benzene rings is 2. The SMILES string of the molecule is C=C(F)C(=O)N1CCN(c2nc(OC[C@@H]3Cc4ccccc4N3C)nc3c2CC[C@@]2(CCc4c(Cl)cccc42)C3)C[C@@H]1CC#N. The van der Waals surface area contributed by atoms with Gasteiger partial charge in [-0.3, -0.25) is 4.79 Å². The summed E-state index contributed by atoms with van der Waals surface area (Å²) in [6.07, 6.45) is 5.45. The fourth-order valence-electron chi connectivity index (χ4n) is 7.96. The van der Waals surface area contributed by atoms with Gasteiger partial charge < -0.3 is 19.4 Å². The number of anilines is 2. The number of rotatable bonds is 6. The second kappa shape index (κ2) is 11.6. The minimum Gasteiger partial charge on any atom is -0.461 e. The Morgan fingerprint density at radius 3 is 2.71 bits per heavy atom. The molecule has 1 amide bonds. The molecule has 0 radical (unpaired) electrons. The quantitative estimate of drug-likeness (QED) is 0.341. The van der Waals surface area contributed by atoms with Crippen LogP contribution in [-0.4, -0.2) is 66.1 Å². The lowest BCUT2D eigenvalue weighted by molar-refractivity contribution is -0.131. The fraction of sp³-hybridized carbons (Fsp3) is 0.429. The summed E-state index contributed by atoms with van der Waals surface area (Å²) in [5, 5.41) is 10.4. The van der Waals surface area contributed by atoms with Crippen LogP contribution in [0.3, 0.4) is 0 Å². The molecule has 0 saturated carbocycles. The zero-order valence-corrected chi connectivity index (χ0v) is 26.2. The summed E-state index contributed by atoms with van der Waals surface area (Å²) < 4.78 is 20.3. The Hall–Kier alpha value is -4.16. The van der Waals surface area contributed by atoms with Gasteiger partial charge in [-0.15, -0.1) is 0 Å². The minimum absolute atomic E-state index is 0.0423. The number of para-hydroxylation sites is 1. The Morgan fingerprint density at radius 2 is 1.93 bits per heavy atom. The van der Waals surface area contributed by atoms with Crippen LogP contribution in [0.1, 0.15) is 47.2 Å². The van der Waals surface area contributed by atoms with Crippen LogP contribution in [0.5, 0.6) is 6.01 Å². The topological polar surface area (TPSA) is 85.6 Å². The average Bonchev–Trinajstić information content (AvgIpc) is 3.56. The van der Waals surface area contributed by atoms with Crippen molar-refractivity contribution < 1.29 is 13.9 Å². The molecule has 2 aromatic carbocycles. The number of nitrogens with zero attached hydrogens (tertiary/aromatic N) is 6. The third-order valence-electron chi connectivity index (χ3n) is 10.3. The first-order chi connectivity index (χ1) is 21.8. The van der Waals surface area contributed by atoms with Crippen LogP contribution < -0.4 is 14.5 Å². The molecule has 8 nitrogen and oxygen atoms in total. The zero-order chi connectivity index (χ0) is 31.3. The normalized spacial score (nSPS) is 23.4. The van der Waals surface area contributed by atoms with Crippen molar-refractivity contribution in [2.45, 2.75) is 62.4 Å². The molecule has 1 aromatic heterocycles. The summed E-state index contributed by atoms with van der Waals surface area (Å²) >= 11 is 6.63. The number of likely N-dealkylation sites (N-methyl/N-ethyl adjacent to an activating group) is 1. The molecule has 3 atom stereocenters. The van der Waals surface area contributed by atoms with Crippen LogP contribution in [0.4, 0.5) is 15.9 Å². The van der Waals surface area contributed by atoms with Crippen molar-refractivity contribution in [3.05, 3.63) is 87.8 Å². The molecule has 0 bridgehead atoms. The largest absolute Gasteiger partial charge is 0.461 e. The van der Waals surface area contributed by atoms with E-state index in [0.29, 0.717) is 25.7 Å². The fourth-order valence-corrected chi connectivity index (χ4v) is 8.22. The number of carbonyl (C=O) groups is 1. The highest BCUT2D eigenvalue weighted by Gasteiger charge is 2.44. The monoisotopic (exact) mass is 626 g/mol. The molecule has 1 saturated heterocycles. The van der Waals surface area contributed by atoms with E-state index in [1.807, 2.05) is 12.1 Å². The second-order valence-electron chi connectivity index (χ2n) is 12.8. The van der Waals surface area contributed by atoms with Gasteiger partial charge in [0, 0.05) is 48.4 Å². The molecule has 45 heavy (non-hydrogen) atoms. The Bertz CT molecular complexity index is 1720. The summed E-state index contributed by atoms with van der Waals surface area (Å²) in [6.45, 7) is 4.71. The first-order valence-electron chi connectivity index (χ1n) is 15.7. The smallest absolute Gasteiger partial charge is 0.318 e. The highest BCUT2D eigenvalue weighted by Crippen LogP contribution is 2.50. The van der Waals surface area contributed by atoms with E-state index >= 15 is 0 Å². The Labute approximate surface area is 268 Å². The number of carbonyl (C=O) groups excluding carboxylic acids is 1. The van der Waals surface area contributed by atoms with Crippen LogP contribution in [0.2, 0.25) is 5.02 Å². The average molecular weight is 627 g/mol. The molecule has 0 N–H and O–H groups in total. The van der Waals surface area contributed by atoms with E-state index in [4.69, 9.17) is 26.3 Å². The molecule has 3 aromatic rings. The lowest BCUT2D eigenvalue weighted by Crippen LogP contribution is -2.55. The summed E-state index contributed by atoms with van der Waals surface area (Å²) in [6, 6.07) is 16.8. The van der Waals surface area contributed by atoms with Gasteiger partial charge in [-0.2, -0.15) is 15.2 Å². The van der Waals surface area contributed by atoms with Crippen LogP contribution >= 0.6 is 11.6 Å². The van der Waals surface area contributed by atoms with Crippen LogP contribution in [0.15, 0.2) is 54.9 Å². The number of nitriles is 1. The Morgan fingerprint density at radius 1 is 1.13 bits per heavy atom. The molecule has 1 spiro atoms. The first-order valence-corrected chi connectivity index (χ1v) is 16.0. The Balaban J connectivity index is 1.21. The molecule has 3 heterocycles. The molecule has 10 heteroatoms. The molecule has 1 fully saturated rings. The van der Waals surface area contributed by atoms with Gasteiger partial charge >= 0.3 is 6.01 Å². The minimum atomic E-state index is -1.01. The van der Waals surface area contributed by atoms with Gasteiger partial charge in [-0.05, 0) is 67.3 Å². The van der Waals surface area contributed by atoms with E-state index in [9.17, 15) is 14.4 Å². The van der Waals surface area contributed by atoms with Crippen LogP contribution in [0.25, 0.3) is 0 Å². The lowest BCUT2D eigenvalue weighted by atomic mass is 9.69. The molecular formula is C35H36ClFN6O2. The highest BCUT2D eigenvalue weighted by molar-refractivity contribution is 6.31. The number of amides is 1. The predicted octanol–water partition coefficient (Wildman–Crippen LogP) is 5.36. The van der Waals surface area contributed by atoms with Crippen molar-refractivity contribution in [1.29, 1.82) is 5.26 Å². The maximum atomic E-state index is 13.9. The van der Waals surface area contributed by atoms with Crippen LogP contribution in [0, 0.1) is 11.3 Å². The van der Waals surface area contributed by atoms with Gasteiger partial charge in [0.05, 0.1) is 30.3 Å². The zero-order valence-electron chi connectivity index (χ0n) is 25.4. The second-order valence-corrected chi connectivity index (χ2v) is 13.2. The molecule has 2 aliphatic heterocycles. The highest BCUT2D eigenvalue weighted by atomic mass is 35.5. The van der Waals surface area contributed by atoms with Crippen molar-refractivity contribution in [1.82, 2.24) is 14.9 Å². The van der Waals surface area contributed by atoms with Gasteiger partial charge in [-0.1, -0.05) is 48.5 Å². The summed E-state index contributed by atoms with van der Waals surface area (Å²) in [5.41, 5.74) is 7.09. The van der Waals surface area contributed by atoms with E-state index in [1.54, 1.807) is 0 Å². The van der Waals surface area contributed by atoms with E-state index < -0.39 is 17.8 Å². The lowest BCUT2D eigenvalue weighted by Gasteiger charge is -2.42. The van der Waals surface area contributed by atoms with E-state index in [2.05, 4.69) is 59.8 Å². The van der Waals surface area contributed by atoms with E-state index in [1.165, 1.54) is 27.3 Å². The summed E-state index contributed by atoms with van der Waals surface area (Å²) in [7, 11) is 2.09. The number of fused-ring (bicyclic) bond motifs is 4. The van der Waals surface area contributed by atoms with Gasteiger partial charge in [0.2, 0.25) is 0 Å². The third kappa shape index (κ3) is 5.19. The van der Waals surface area contributed by atoms with Gasteiger partial charge in [0.1, 0.15) is 12.4 Å². The molecule has 232 valence electrons. The number of hydrogen-bond donors (Lipinski definition) is 0.